The lowest BCUT2D eigenvalue weighted by Crippen LogP contribution is -2.04. The van der Waals surface area contributed by atoms with Gasteiger partial charge in [-0.2, -0.15) is 5.10 Å². The Balaban J connectivity index is 2.40. The molecule has 0 aliphatic heterocycles. The number of hydrogen-bond acceptors (Lipinski definition) is 2. The summed E-state index contributed by atoms with van der Waals surface area (Å²) in [4.78, 5) is 14.5. The number of nitrogens with one attached hydrogen (secondary N) is 1. The summed E-state index contributed by atoms with van der Waals surface area (Å²) in [6.07, 6.45) is 1.57. The van der Waals surface area contributed by atoms with E-state index in [4.69, 9.17) is 0 Å². The maximum atomic E-state index is 13.2. The molecule has 0 spiro atoms. The van der Waals surface area contributed by atoms with Crippen LogP contribution in [0.15, 0.2) is 41.3 Å². The first-order valence-electron chi connectivity index (χ1n) is 5.47. The second-order valence-corrected chi connectivity index (χ2v) is 4.05. The normalized spacial score (nSPS) is 11.0. The molecule has 18 heavy (non-hydrogen) atoms. The number of pyridine rings is 1. The highest BCUT2D eigenvalue weighted by Crippen LogP contribution is 2.24. The number of aromatic nitrogens is 3. The molecule has 1 N–H and O–H groups in total. The zero-order chi connectivity index (χ0) is 12.7. The third-order valence-corrected chi connectivity index (χ3v) is 2.87. The Morgan fingerprint density at radius 1 is 1.33 bits per heavy atom. The molecule has 4 nitrogen and oxygen atoms in total. The second kappa shape index (κ2) is 3.80. The Hall–Kier alpha value is -2.43. The van der Waals surface area contributed by atoms with E-state index < -0.39 is 0 Å². The van der Waals surface area contributed by atoms with Crippen LogP contribution in [-0.2, 0) is 7.05 Å². The van der Waals surface area contributed by atoms with Crippen molar-refractivity contribution in [2.24, 2.45) is 7.05 Å². The van der Waals surface area contributed by atoms with Crippen molar-refractivity contribution in [2.75, 3.05) is 0 Å². The fourth-order valence-corrected chi connectivity index (χ4v) is 2.06. The van der Waals surface area contributed by atoms with Crippen LogP contribution in [0.1, 0.15) is 0 Å². The summed E-state index contributed by atoms with van der Waals surface area (Å²) in [7, 11) is 1.75. The molecule has 0 bridgehead atoms. The highest BCUT2D eigenvalue weighted by atomic mass is 19.1. The van der Waals surface area contributed by atoms with Crippen LogP contribution in [0.4, 0.5) is 4.39 Å². The standard InChI is InChI=1S/C13H10FN3O/c1-17-10-5-6-15-13(18)11(10)12(16-17)8-3-2-4-9(14)7-8/h2-7H,1H3,(H,15,18). The average Bonchev–Trinajstić information content (AvgIpc) is 2.69. The van der Waals surface area contributed by atoms with Gasteiger partial charge in [-0.1, -0.05) is 12.1 Å². The SMILES string of the molecule is Cn1nc(-c2cccc(F)c2)c2c(=O)[nH]ccc21. The Labute approximate surface area is 102 Å². The van der Waals surface area contributed by atoms with Gasteiger partial charge in [-0.3, -0.25) is 9.48 Å². The molecule has 5 heteroatoms. The van der Waals surface area contributed by atoms with E-state index in [9.17, 15) is 9.18 Å². The van der Waals surface area contributed by atoms with Crippen molar-refractivity contribution in [2.45, 2.75) is 0 Å². The molecule has 3 rings (SSSR count). The number of fused-ring (bicyclic) bond motifs is 1. The van der Waals surface area contributed by atoms with Gasteiger partial charge in [0.25, 0.3) is 5.56 Å². The van der Waals surface area contributed by atoms with Gasteiger partial charge in [-0.15, -0.1) is 0 Å². The van der Waals surface area contributed by atoms with Gasteiger partial charge in [0.05, 0.1) is 10.9 Å². The Morgan fingerprint density at radius 2 is 2.17 bits per heavy atom. The molecule has 0 saturated heterocycles. The van der Waals surface area contributed by atoms with E-state index in [-0.39, 0.29) is 11.4 Å². The molecule has 0 saturated carbocycles. The number of rotatable bonds is 1. The van der Waals surface area contributed by atoms with E-state index in [0.29, 0.717) is 16.6 Å². The Kier molecular flexibility index (Phi) is 2.26. The van der Waals surface area contributed by atoms with E-state index in [1.54, 1.807) is 36.1 Å². The van der Waals surface area contributed by atoms with Gasteiger partial charge in [-0.05, 0) is 18.2 Å². The van der Waals surface area contributed by atoms with Gasteiger partial charge in [0.2, 0.25) is 0 Å². The third-order valence-electron chi connectivity index (χ3n) is 2.87. The monoisotopic (exact) mass is 243 g/mol. The lowest BCUT2D eigenvalue weighted by atomic mass is 10.1. The van der Waals surface area contributed by atoms with Crippen LogP contribution in [0.25, 0.3) is 22.2 Å². The summed E-state index contributed by atoms with van der Waals surface area (Å²) in [5, 5.41) is 4.77. The minimum absolute atomic E-state index is 0.222. The van der Waals surface area contributed by atoms with Crippen molar-refractivity contribution >= 4 is 10.9 Å². The van der Waals surface area contributed by atoms with Crippen molar-refractivity contribution in [3.8, 4) is 11.3 Å². The molecule has 0 atom stereocenters. The third kappa shape index (κ3) is 1.52. The lowest BCUT2D eigenvalue weighted by Gasteiger charge is -1.97. The first-order chi connectivity index (χ1) is 8.66. The van der Waals surface area contributed by atoms with Crippen molar-refractivity contribution in [3.05, 3.63) is 52.7 Å². The van der Waals surface area contributed by atoms with Crippen LogP contribution in [0, 0.1) is 5.82 Å². The Bertz CT molecular complexity index is 788. The van der Waals surface area contributed by atoms with E-state index in [2.05, 4.69) is 10.1 Å². The minimum Gasteiger partial charge on any atom is -0.328 e. The summed E-state index contributed by atoms with van der Waals surface area (Å²) in [5.41, 5.74) is 1.59. The van der Waals surface area contributed by atoms with Crippen molar-refractivity contribution < 1.29 is 4.39 Å². The highest BCUT2D eigenvalue weighted by Gasteiger charge is 2.13. The van der Waals surface area contributed by atoms with E-state index >= 15 is 0 Å². The van der Waals surface area contributed by atoms with Gasteiger partial charge in [0, 0.05) is 18.8 Å². The van der Waals surface area contributed by atoms with Crippen LogP contribution < -0.4 is 5.56 Å². The van der Waals surface area contributed by atoms with Crippen molar-refractivity contribution in [3.63, 3.8) is 0 Å². The van der Waals surface area contributed by atoms with Crippen LogP contribution in [0.3, 0.4) is 0 Å². The summed E-state index contributed by atoms with van der Waals surface area (Å²) in [5.74, 6) is -0.348. The molecule has 0 aliphatic rings. The quantitative estimate of drug-likeness (QED) is 0.711. The van der Waals surface area contributed by atoms with Crippen LogP contribution >= 0.6 is 0 Å². The number of H-pyrrole nitrogens is 1. The van der Waals surface area contributed by atoms with Gasteiger partial charge in [-0.25, -0.2) is 4.39 Å². The summed E-state index contributed by atoms with van der Waals surface area (Å²) in [6.45, 7) is 0. The van der Waals surface area contributed by atoms with Crippen LogP contribution in [0.5, 0.6) is 0 Å². The highest BCUT2D eigenvalue weighted by molar-refractivity contribution is 5.92. The topological polar surface area (TPSA) is 50.7 Å². The average molecular weight is 243 g/mol. The molecule has 0 radical (unpaired) electrons. The van der Waals surface area contributed by atoms with Gasteiger partial charge < -0.3 is 4.98 Å². The predicted molar refractivity (Wildman–Crippen MR) is 66.7 cm³/mol. The fourth-order valence-electron chi connectivity index (χ4n) is 2.06. The predicted octanol–water partition coefficient (Wildman–Crippen LogP) is 2.07. The molecule has 0 amide bonds. The molecular weight excluding hydrogens is 233 g/mol. The minimum atomic E-state index is -0.348. The van der Waals surface area contributed by atoms with Crippen LogP contribution in [-0.4, -0.2) is 14.8 Å². The fraction of sp³-hybridized carbons (Fsp3) is 0.0769. The number of nitrogens with zero attached hydrogens (tertiary/aromatic N) is 2. The van der Waals surface area contributed by atoms with Crippen molar-refractivity contribution in [1.82, 2.24) is 14.8 Å². The molecular formula is C13H10FN3O. The van der Waals surface area contributed by atoms with Gasteiger partial charge >= 0.3 is 0 Å². The van der Waals surface area contributed by atoms with E-state index in [1.165, 1.54) is 12.1 Å². The molecule has 90 valence electrons. The smallest absolute Gasteiger partial charge is 0.259 e. The zero-order valence-electron chi connectivity index (χ0n) is 9.64. The molecule has 0 unspecified atom stereocenters. The molecule has 2 heterocycles. The number of hydrogen-bond donors (Lipinski definition) is 1. The van der Waals surface area contributed by atoms with Crippen LogP contribution in [0.2, 0.25) is 0 Å². The Morgan fingerprint density at radius 3 is 2.94 bits per heavy atom. The maximum Gasteiger partial charge on any atom is 0.259 e. The van der Waals surface area contributed by atoms with Gasteiger partial charge in [0.1, 0.15) is 11.5 Å². The first kappa shape index (κ1) is 10.7. The number of benzene rings is 1. The van der Waals surface area contributed by atoms with E-state index in [1.807, 2.05) is 0 Å². The molecule has 3 aromatic rings. The number of aromatic amines is 1. The molecule has 0 fully saturated rings. The zero-order valence-corrected chi connectivity index (χ0v) is 9.64. The molecule has 1 aromatic carbocycles. The largest absolute Gasteiger partial charge is 0.328 e. The second-order valence-electron chi connectivity index (χ2n) is 4.05. The van der Waals surface area contributed by atoms with Crippen molar-refractivity contribution in [1.29, 1.82) is 0 Å². The van der Waals surface area contributed by atoms with E-state index in [0.717, 1.165) is 5.52 Å². The summed E-state index contributed by atoms with van der Waals surface area (Å²) < 4.78 is 14.9. The number of aryl methyl sites for hydroxylation is 1. The number of halogens is 1. The summed E-state index contributed by atoms with van der Waals surface area (Å²) >= 11 is 0. The summed E-state index contributed by atoms with van der Waals surface area (Å²) in [6, 6.07) is 7.83. The first-order valence-corrected chi connectivity index (χ1v) is 5.47. The molecule has 0 aliphatic carbocycles. The lowest BCUT2D eigenvalue weighted by molar-refractivity contribution is 0.628. The molecule has 2 aromatic heterocycles. The maximum absolute atomic E-state index is 13.2. The van der Waals surface area contributed by atoms with Gasteiger partial charge in [0.15, 0.2) is 0 Å².